The van der Waals surface area contributed by atoms with Crippen molar-refractivity contribution in [2.75, 3.05) is 13.1 Å². The van der Waals surface area contributed by atoms with E-state index in [2.05, 4.69) is 42.9 Å². The Bertz CT molecular complexity index is 739. The van der Waals surface area contributed by atoms with E-state index in [9.17, 15) is 8.42 Å². The van der Waals surface area contributed by atoms with Crippen LogP contribution in [0.15, 0.2) is 34.2 Å². The molecule has 0 radical (unpaired) electrons. The fourth-order valence-corrected chi connectivity index (χ4v) is 3.37. The second-order valence-electron chi connectivity index (χ2n) is 7.39. The van der Waals surface area contributed by atoms with Gasteiger partial charge in [0, 0.05) is 24.0 Å². The maximum Gasteiger partial charge on any atom is 0.238 e. The van der Waals surface area contributed by atoms with Crippen LogP contribution in [0.1, 0.15) is 40.2 Å². The Hall–Kier alpha value is -1.60. The quantitative estimate of drug-likeness (QED) is 0.640. The summed E-state index contributed by atoms with van der Waals surface area (Å²) in [4.78, 5) is 7.07. The van der Waals surface area contributed by atoms with Gasteiger partial charge in [0.1, 0.15) is 0 Å². The second-order valence-corrected chi connectivity index (χ2v) is 8.95. The molecule has 0 aromatic heterocycles. The third kappa shape index (κ3) is 3.57. The number of hydrogen-bond donors (Lipinski definition) is 2. The molecule has 0 saturated carbocycles. The van der Waals surface area contributed by atoms with Gasteiger partial charge in [-0.2, -0.15) is 0 Å². The number of guanidine groups is 1. The van der Waals surface area contributed by atoms with Gasteiger partial charge in [-0.15, -0.1) is 0 Å². The van der Waals surface area contributed by atoms with E-state index < -0.39 is 10.0 Å². The van der Waals surface area contributed by atoms with Gasteiger partial charge < -0.3 is 10.2 Å². The molecule has 1 fully saturated rings. The topological polar surface area (TPSA) is 87.8 Å². The van der Waals surface area contributed by atoms with E-state index in [-0.39, 0.29) is 15.8 Å². The molecule has 24 heavy (non-hydrogen) atoms. The van der Waals surface area contributed by atoms with E-state index in [0.29, 0.717) is 6.54 Å². The first-order valence-electron chi connectivity index (χ1n) is 8.17. The SMILES string of the molecule is CCNC(=NCc1cccc(S(N)(=O)=O)c1)N1CC(C)(C)C1(C)C. The van der Waals surface area contributed by atoms with Crippen molar-refractivity contribution in [2.24, 2.45) is 15.5 Å². The highest BCUT2D eigenvalue weighted by molar-refractivity contribution is 7.89. The normalized spacial score (nSPS) is 19.8. The van der Waals surface area contributed by atoms with E-state index in [1.54, 1.807) is 12.1 Å². The number of rotatable bonds is 4. The number of likely N-dealkylation sites (tertiary alicyclic amines) is 1. The van der Waals surface area contributed by atoms with Gasteiger partial charge in [-0.25, -0.2) is 18.5 Å². The summed E-state index contributed by atoms with van der Waals surface area (Å²) in [5.74, 6) is 0.850. The molecule has 0 spiro atoms. The number of nitrogens with zero attached hydrogens (tertiary/aromatic N) is 2. The molecular weight excluding hydrogens is 324 g/mol. The maximum atomic E-state index is 11.5. The van der Waals surface area contributed by atoms with Crippen LogP contribution in [0.5, 0.6) is 0 Å². The van der Waals surface area contributed by atoms with Crippen LogP contribution < -0.4 is 10.5 Å². The predicted octanol–water partition coefficient (Wildman–Crippen LogP) is 1.92. The van der Waals surface area contributed by atoms with Gasteiger partial charge in [0.15, 0.2) is 5.96 Å². The van der Waals surface area contributed by atoms with E-state index in [1.807, 2.05) is 13.0 Å². The maximum absolute atomic E-state index is 11.5. The van der Waals surface area contributed by atoms with Crippen molar-refractivity contribution in [3.8, 4) is 0 Å². The second kappa shape index (κ2) is 6.37. The van der Waals surface area contributed by atoms with E-state index in [1.165, 1.54) is 6.07 Å². The Morgan fingerprint density at radius 1 is 1.33 bits per heavy atom. The zero-order valence-electron chi connectivity index (χ0n) is 15.1. The van der Waals surface area contributed by atoms with Crippen LogP contribution in [0.4, 0.5) is 0 Å². The van der Waals surface area contributed by atoms with Crippen molar-refractivity contribution >= 4 is 16.0 Å². The van der Waals surface area contributed by atoms with Gasteiger partial charge in [0.25, 0.3) is 0 Å². The van der Waals surface area contributed by atoms with E-state index >= 15 is 0 Å². The first kappa shape index (κ1) is 18.7. The van der Waals surface area contributed by atoms with Crippen LogP contribution in [0, 0.1) is 5.41 Å². The minimum atomic E-state index is -3.69. The average molecular weight is 353 g/mol. The summed E-state index contributed by atoms with van der Waals surface area (Å²) in [6, 6.07) is 6.61. The Labute approximate surface area is 145 Å². The molecule has 3 N–H and O–H groups in total. The lowest BCUT2D eigenvalue weighted by atomic mass is 9.65. The van der Waals surface area contributed by atoms with Crippen LogP contribution >= 0.6 is 0 Å². The Kier molecular flexibility index (Phi) is 4.97. The molecule has 7 heteroatoms. The van der Waals surface area contributed by atoms with Gasteiger partial charge in [-0.1, -0.05) is 26.0 Å². The van der Waals surface area contributed by atoms with Gasteiger partial charge >= 0.3 is 0 Å². The standard InChI is InChI=1S/C17H28N4O2S/c1-6-19-15(21-12-16(2,3)17(21,4)5)20-11-13-8-7-9-14(10-13)24(18,22)23/h7-10H,6,11-12H2,1-5H3,(H,19,20)(H2,18,22,23). The smallest absolute Gasteiger partial charge is 0.238 e. The first-order valence-corrected chi connectivity index (χ1v) is 9.71. The Morgan fingerprint density at radius 3 is 2.50 bits per heavy atom. The molecule has 0 aliphatic carbocycles. The molecule has 6 nitrogen and oxygen atoms in total. The number of nitrogens with two attached hydrogens (primary N) is 1. The van der Waals surface area contributed by atoms with Crippen LogP contribution in [-0.4, -0.2) is 37.9 Å². The number of primary sulfonamides is 1. The molecule has 0 amide bonds. The Morgan fingerprint density at radius 2 is 2.00 bits per heavy atom. The number of hydrogen-bond acceptors (Lipinski definition) is 3. The molecular formula is C17H28N4O2S. The summed E-state index contributed by atoms with van der Waals surface area (Å²) in [6.45, 7) is 13.1. The molecule has 1 aliphatic heterocycles. The highest BCUT2D eigenvalue weighted by Crippen LogP contribution is 2.46. The summed E-state index contributed by atoms with van der Waals surface area (Å²) in [6.07, 6.45) is 0. The van der Waals surface area contributed by atoms with Gasteiger partial charge in [0.05, 0.1) is 11.4 Å². The molecule has 1 saturated heterocycles. The third-order valence-electron chi connectivity index (χ3n) is 5.11. The lowest BCUT2D eigenvalue weighted by Gasteiger charge is -2.62. The molecule has 1 aromatic rings. The predicted molar refractivity (Wildman–Crippen MR) is 97.2 cm³/mol. The van der Waals surface area contributed by atoms with Gasteiger partial charge in [-0.3, -0.25) is 0 Å². The molecule has 2 rings (SSSR count). The molecule has 134 valence electrons. The van der Waals surface area contributed by atoms with Crippen molar-refractivity contribution < 1.29 is 8.42 Å². The first-order chi connectivity index (χ1) is 11.0. The van der Waals surface area contributed by atoms with Crippen molar-refractivity contribution in [1.29, 1.82) is 0 Å². The highest BCUT2D eigenvalue weighted by Gasteiger charge is 2.53. The van der Waals surface area contributed by atoms with Crippen LogP contribution in [0.3, 0.4) is 0 Å². The summed E-state index contributed by atoms with van der Waals surface area (Å²) < 4.78 is 22.9. The molecule has 1 aromatic carbocycles. The van der Waals surface area contributed by atoms with Crippen LogP contribution in [-0.2, 0) is 16.6 Å². The number of nitrogens with one attached hydrogen (secondary N) is 1. The lowest BCUT2D eigenvalue weighted by molar-refractivity contribution is -0.0667. The van der Waals surface area contributed by atoms with Gasteiger partial charge in [-0.05, 0) is 38.5 Å². The number of sulfonamides is 1. The monoisotopic (exact) mass is 352 g/mol. The summed E-state index contributed by atoms with van der Waals surface area (Å²) in [7, 11) is -3.69. The van der Waals surface area contributed by atoms with Crippen LogP contribution in [0.2, 0.25) is 0 Å². The highest BCUT2D eigenvalue weighted by atomic mass is 32.2. The van der Waals surface area contributed by atoms with E-state index in [0.717, 1.165) is 24.6 Å². The van der Waals surface area contributed by atoms with Gasteiger partial charge in [0.2, 0.25) is 10.0 Å². The zero-order valence-corrected chi connectivity index (χ0v) is 15.9. The summed E-state index contributed by atoms with van der Waals surface area (Å²) in [5.41, 5.74) is 1.04. The summed E-state index contributed by atoms with van der Waals surface area (Å²) in [5, 5.41) is 8.52. The largest absolute Gasteiger partial charge is 0.356 e. The van der Waals surface area contributed by atoms with Crippen molar-refractivity contribution in [3.63, 3.8) is 0 Å². The molecule has 1 heterocycles. The van der Waals surface area contributed by atoms with Crippen molar-refractivity contribution in [1.82, 2.24) is 10.2 Å². The minimum Gasteiger partial charge on any atom is -0.356 e. The molecule has 0 atom stereocenters. The average Bonchev–Trinajstić information content (AvgIpc) is 2.49. The minimum absolute atomic E-state index is 0.0104. The fraction of sp³-hybridized carbons (Fsp3) is 0.588. The number of aliphatic imine (C=N–C) groups is 1. The zero-order chi connectivity index (χ0) is 18.2. The van der Waals surface area contributed by atoms with Crippen molar-refractivity contribution in [2.45, 2.75) is 51.6 Å². The van der Waals surface area contributed by atoms with Crippen LogP contribution in [0.25, 0.3) is 0 Å². The third-order valence-corrected chi connectivity index (χ3v) is 6.02. The molecule has 0 bridgehead atoms. The Balaban J connectivity index is 2.22. The molecule has 1 aliphatic rings. The summed E-state index contributed by atoms with van der Waals surface area (Å²) >= 11 is 0. The lowest BCUT2D eigenvalue weighted by Crippen LogP contribution is -2.72. The van der Waals surface area contributed by atoms with Crippen molar-refractivity contribution in [3.05, 3.63) is 29.8 Å². The molecule has 0 unspecified atom stereocenters. The van der Waals surface area contributed by atoms with E-state index in [4.69, 9.17) is 5.14 Å². The number of benzene rings is 1. The fourth-order valence-electron chi connectivity index (χ4n) is 2.78.